The van der Waals surface area contributed by atoms with Gasteiger partial charge in [0.2, 0.25) is 0 Å². The number of anilines is 2. The van der Waals surface area contributed by atoms with Crippen molar-refractivity contribution in [1.29, 1.82) is 0 Å². The molecule has 2 fully saturated rings. The van der Waals surface area contributed by atoms with Gasteiger partial charge in [0, 0.05) is 36.8 Å². The highest BCUT2D eigenvalue weighted by atomic mass is 35.5. The second-order valence-electron chi connectivity index (χ2n) is 12.1. The summed E-state index contributed by atoms with van der Waals surface area (Å²) >= 11 is 8.06. The van der Waals surface area contributed by atoms with Gasteiger partial charge in [-0.2, -0.15) is 0 Å². The lowest BCUT2D eigenvalue weighted by molar-refractivity contribution is 0.0440. The number of nitrogens with zero attached hydrogens (tertiary/aromatic N) is 5. The number of aliphatic hydroxyl groups is 1. The number of esters is 1. The predicted molar refractivity (Wildman–Crippen MR) is 163 cm³/mol. The lowest BCUT2D eigenvalue weighted by Gasteiger charge is -2.43. The fraction of sp³-hybridized carbons (Fsp3) is 0.621. The summed E-state index contributed by atoms with van der Waals surface area (Å²) in [7, 11) is 1.32. The Morgan fingerprint density at radius 1 is 1.24 bits per heavy atom. The molecule has 2 aliphatic heterocycles. The molecule has 2 atom stereocenters. The lowest BCUT2D eigenvalue weighted by atomic mass is 9.74. The molecule has 2 aromatic rings. The van der Waals surface area contributed by atoms with Gasteiger partial charge in [0.15, 0.2) is 11.5 Å². The molecule has 4 rings (SSSR count). The molecule has 2 unspecified atom stereocenters. The lowest BCUT2D eigenvalue weighted by Crippen LogP contribution is -2.51. The van der Waals surface area contributed by atoms with E-state index in [1.54, 1.807) is 18.5 Å². The number of carbonyl (C=O) groups excluding carboxylic acids is 2. The van der Waals surface area contributed by atoms with Crippen molar-refractivity contribution < 1.29 is 24.2 Å². The van der Waals surface area contributed by atoms with Crippen molar-refractivity contribution in [3.05, 3.63) is 29.2 Å². The molecular weight excluding hydrogens is 580 g/mol. The van der Waals surface area contributed by atoms with Crippen LogP contribution in [0.1, 0.15) is 70.8 Å². The minimum Gasteiger partial charge on any atom is -0.464 e. The highest BCUT2D eigenvalue weighted by Crippen LogP contribution is 2.40. The molecule has 230 valence electrons. The van der Waals surface area contributed by atoms with Crippen molar-refractivity contribution >= 4 is 47.1 Å². The van der Waals surface area contributed by atoms with Gasteiger partial charge in [-0.1, -0.05) is 30.3 Å². The monoisotopic (exact) mass is 620 g/mol. The zero-order chi connectivity index (χ0) is 30.7. The standard InChI is InChI=1S/C29H41ClN6O5S/c1-18(33-27(39)41-28(2,3)4)29(5)10-14-35(15-11-29)25-23(26(38)40-6)34-21(16-32-25)42-20-9-12-31-24(22(20)30)36-13-7-8-19(36)17-37/h9,12,16,18-19,37H,7-8,10-11,13-15,17H2,1-6H3,(H,33,39). The zero-order valence-electron chi connectivity index (χ0n) is 25.1. The minimum atomic E-state index is -0.572. The number of halogens is 1. The largest absolute Gasteiger partial charge is 0.464 e. The van der Waals surface area contributed by atoms with E-state index in [9.17, 15) is 14.7 Å². The fourth-order valence-electron chi connectivity index (χ4n) is 5.31. The molecule has 0 spiro atoms. The third-order valence-corrected chi connectivity index (χ3v) is 9.45. The van der Waals surface area contributed by atoms with Gasteiger partial charge in [0.05, 0.1) is 31.0 Å². The van der Waals surface area contributed by atoms with Crippen LogP contribution in [0.25, 0.3) is 0 Å². The van der Waals surface area contributed by atoms with Gasteiger partial charge in [-0.25, -0.2) is 24.5 Å². The molecule has 2 N–H and O–H groups in total. The quantitative estimate of drug-likeness (QED) is 0.389. The van der Waals surface area contributed by atoms with Crippen molar-refractivity contribution in [1.82, 2.24) is 20.3 Å². The summed E-state index contributed by atoms with van der Waals surface area (Å²) in [5.74, 6) is 0.519. The van der Waals surface area contributed by atoms with E-state index < -0.39 is 17.7 Å². The molecular formula is C29H41ClN6O5S. The van der Waals surface area contributed by atoms with Crippen LogP contribution in [-0.2, 0) is 9.47 Å². The Balaban J connectivity index is 1.49. The number of ether oxygens (including phenoxy) is 2. The van der Waals surface area contributed by atoms with Crippen LogP contribution in [-0.4, -0.2) is 83.2 Å². The minimum absolute atomic E-state index is 0.0114. The number of carbonyl (C=O) groups is 2. The van der Waals surface area contributed by atoms with E-state index in [0.717, 1.165) is 37.1 Å². The van der Waals surface area contributed by atoms with Crippen LogP contribution in [0.5, 0.6) is 0 Å². The first-order valence-corrected chi connectivity index (χ1v) is 15.4. The van der Waals surface area contributed by atoms with E-state index in [1.165, 1.54) is 18.9 Å². The van der Waals surface area contributed by atoms with E-state index in [-0.39, 0.29) is 29.8 Å². The maximum absolute atomic E-state index is 12.8. The summed E-state index contributed by atoms with van der Waals surface area (Å²) in [6, 6.07) is 1.68. The number of pyridine rings is 1. The molecule has 13 heteroatoms. The summed E-state index contributed by atoms with van der Waals surface area (Å²) in [6.07, 6.45) is 6.27. The van der Waals surface area contributed by atoms with Crippen LogP contribution in [0.3, 0.4) is 0 Å². The topological polar surface area (TPSA) is 130 Å². The van der Waals surface area contributed by atoms with Crippen molar-refractivity contribution in [2.24, 2.45) is 5.41 Å². The average molecular weight is 621 g/mol. The molecule has 2 aromatic heterocycles. The predicted octanol–water partition coefficient (Wildman–Crippen LogP) is 4.94. The summed E-state index contributed by atoms with van der Waals surface area (Å²) in [5.41, 5.74) is -0.595. The number of hydrogen-bond acceptors (Lipinski definition) is 11. The van der Waals surface area contributed by atoms with E-state index in [1.807, 2.05) is 37.5 Å². The number of piperidine rings is 1. The summed E-state index contributed by atoms with van der Waals surface area (Å²) in [4.78, 5) is 43.7. The Kier molecular flexibility index (Phi) is 10.1. The molecule has 0 saturated carbocycles. The molecule has 2 saturated heterocycles. The van der Waals surface area contributed by atoms with Crippen molar-refractivity contribution in [3.8, 4) is 0 Å². The molecule has 0 aromatic carbocycles. The summed E-state index contributed by atoms with van der Waals surface area (Å²) in [6.45, 7) is 11.7. The van der Waals surface area contributed by atoms with E-state index >= 15 is 0 Å². The average Bonchev–Trinajstić information content (AvgIpc) is 3.42. The Hall–Kier alpha value is -2.83. The second-order valence-corrected chi connectivity index (χ2v) is 13.5. The number of aromatic nitrogens is 3. The van der Waals surface area contributed by atoms with Gasteiger partial charge in [-0.3, -0.25) is 0 Å². The Labute approximate surface area is 256 Å². The van der Waals surface area contributed by atoms with Gasteiger partial charge in [0.25, 0.3) is 0 Å². The molecule has 11 nitrogen and oxygen atoms in total. The van der Waals surface area contributed by atoms with Crippen molar-refractivity contribution in [2.75, 3.05) is 43.2 Å². The van der Waals surface area contributed by atoms with Crippen LogP contribution >= 0.6 is 23.4 Å². The second kappa shape index (κ2) is 13.2. The molecule has 1 amide bonds. The first-order valence-electron chi connectivity index (χ1n) is 14.2. The molecule has 42 heavy (non-hydrogen) atoms. The number of methoxy groups -OCH3 is 1. The zero-order valence-corrected chi connectivity index (χ0v) is 26.7. The Bertz CT molecular complexity index is 1280. The molecule has 4 heterocycles. The molecule has 0 aliphatic carbocycles. The van der Waals surface area contributed by atoms with E-state index in [0.29, 0.717) is 34.8 Å². The SMILES string of the molecule is COC(=O)c1nc(Sc2ccnc(N3CCCC3CO)c2Cl)cnc1N1CCC(C)(C(C)NC(=O)OC(C)(C)C)CC1. The fourth-order valence-corrected chi connectivity index (χ4v) is 6.43. The molecule has 0 radical (unpaired) electrons. The van der Waals surface area contributed by atoms with Crippen LogP contribution < -0.4 is 15.1 Å². The van der Waals surface area contributed by atoms with E-state index in [2.05, 4.69) is 27.2 Å². The molecule has 2 aliphatic rings. The number of rotatable bonds is 8. The highest BCUT2D eigenvalue weighted by Gasteiger charge is 2.38. The van der Waals surface area contributed by atoms with Gasteiger partial charge in [-0.05, 0) is 64.9 Å². The summed E-state index contributed by atoms with van der Waals surface area (Å²) < 4.78 is 10.5. The first kappa shape index (κ1) is 32.1. The van der Waals surface area contributed by atoms with Crippen LogP contribution in [0.15, 0.2) is 28.4 Å². The number of hydrogen-bond donors (Lipinski definition) is 2. The normalized spacial score (nSPS) is 19.4. The van der Waals surface area contributed by atoms with Gasteiger partial charge in [-0.15, -0.1) is 0 Å². The maximum Gasteiger partial charge on any atom is 0.407 e. The summed E-state index contributed by atoms with van der Waals surface area (Å²) in [5, 5.41) is 13.7. The van der Waals surface area contributed by atoms with Gasteiger partial charge < -0.3 is 29.7 Å². The van der Waals surface area contributed by atoms with Crippen molar-refractivity contribution in [3.63, 3.8) is 0 Å². The van der Waals surface area contributed by atoms with Gasteiger partial charge in [0.1, 0.15) is 16.4 Å². The smallest absolute Gasteiger partial charge is 0.407 e. The van der Waals surface area contributed by atoms with Crippen LogP contribution in [0.4, 0.5) is 16.4 Å². The van der Waals surface area contributed by atoms with Crippen LogP contribution in [0.2, 0.25) is 5.02 Å². The number of nitrogens with one attached hydrogen (secondary N) is 1. The highest BCUT2D eigenvalue weighted by molar-refractivity contribution is 7.99. The number of amides is 1. The Morgan fingerprint density at radius 3 is 2.60 bits per heavy atom. The third-order valence-electron chi connectivity index (χ3n) is 8.00. The first-order chi connectivity index (χ1) is 19.8. The number of aliphatic hydroxyl groups excluding tert-OH is 1. The maximum atomic E-state index is 12.8. The van der Waals surface area contributed by atoms with Gasteiger partial charge >= 0.3 is 12.1 Å². The third kappa shape index (κ3) is 7.38. The van der Waals surface area contributed by atoms with Crippen molar-refractivity contribution in [2.45, 2.75) is 87.9 Å². The van der Waals surface area contributed by atoms with Crippen LogP contribution in [0, 0.1) is 5.41 Å². The van der Waals surface area contributed by atoms with E-state index in [4.69, 9.17) is 21.1 Å². The molecule has 0 bridgehead atoms. The Morgan fingerprint density at radius 2 is 1.95 bits per heavy atom. The number of alkyl carbamates (subject to hydrolysis) is 1.